The highest BCUT2D eigenvalue weighted by atomic mass is 32.1. The van der Waals surface area contributed by atoms with Gasteiger partial charge in [0.25, 0.3) is 0 Å². The number of hydrogen-bond donors (Lipinski definition) is 3. The van der Waals surface area contributed by atoms with Crippen molar-refractivity contribution in [2.24, 2.45) is 5.92 Å². The quantitative estimate of drug-likeness (QED) is 0.722. The third kappa shape index (κ3) is 2.99. The first-order valence-corrected chi connectivity index (χ1v) is 7.12. The minimum atomic E-state index is -0.515. The van der Waals surface area contributed by atoms with Crippen LogP contribution in [0.1, 0.15) is 11.6 Å². The van der Waals surface area contributed by atoms with Crippen LogP contribution in [-0.2, 0) is 4.79 Å². The van der Waals surface area contributed by atoms with Crippen LogP contribution in [0, 0.1) is 5.92 Å². The van der Waals surface area contributed by atoms with Gasteiger partial charge in [0.1, 0.15) is 17.4 Å². The molecule has 118 valence electrons. The third-order valence-corrected chi connectivity index (χ3v) is 3.79. The van der Waals surface area contributed by atoms with Gasteiger partial charge >= 0.3 is 0 Å². The van der Waals surface area contributed by atoms with Crippen LogP contribution in [0.3, 0.4) is 0 Å². The van der Waals surface area contributed by atoms with E-state index in [-0.39, 0.29) is 11.9 Å². The maximum absolute atomic E-state index is 12.2. The number of carbonyl (C=O) groups is 1. The molecule has 1 aromatic carbocycles. The van der Waals surface area contributed by atoms with Gasteiger partial charge in [0, 0.05) is 24.4 Å². The Balaban J connectivity index is 2.48. The van der Waals surface area contributed by atoms with Crippen molar-refractivity contribution >= 4 is 23.2 Å². The summed E-state index contributed by atoms with van der Waals surface area (Å²) in [6, 6.07) is 5.06. The molecule has 2 rings (SSSR count). The molecule has 1 aromatic rings. The summed E-state index contributed by atoms with van der Waals surface area (Å²) in [5.41, 5.74) is 1.35. The molecule has 1 aliphatic heterocycles. The highest BCUT2D eigenvalue weighted by Crippen LogP contribution is 2.36. The minimum Gasteiger partial charge on any atom is -0.497 e. The predicted molar refractivity (Wildman–Crippen MR) is 87.9 cm³/mol. The highest BCUT2D eigenvalue weighted by Gasteiger charge is 2.37. The van der Waals surface area contributed by atoms with Gasteiger partial charge in [0.15, 0.2) is 5.11 Å². The maximum Gasteiger partial charge on any atom is 0.231 e. The van der Waals surface area contributed by atoms with Crippen molar-refractivity contribution in [1.29, 1.82) is 0 Å². The molecule has 7 heteroatoms. The number of ether oxygens (including phenoxy) is 2. The van der Waals surface area contributed by atoms with Gasteiger partial charge in [-0.05, 0) is 24.4 Å². The Labute approximate surface area is 134 Å². The van der Waals surface area contributed by atoms with Crippen molar-refractivity contribution < 1.29 is 14.3 Å². The molecule has 2 atom stereocenters. The summed E-state index contributed by atoms with van der Waals surface area (Å²) in [6.45, 7) is 3.92. The summed E-state index contributed by atoms with van der Waals surface area (Å²) in [5.74, 6) is 0.616. The number of methoxy groups -OCH3 is 2. The number of carbonyl (C=O) groups excluding carboxylic acids is 1. The molecule has 3 N–H and O–H groups in total. The summed E-state index contributed by atoms with van der Waals surface area (Å²) in [5, 5.41) is 9.10. The average Bonchev–Trinajstić information content (AvgIpc) is 2.52. The standard InChI is InChI=1S/C15H19N3O3S/c1-8-12(14(19)16-2)13(18-15(22)17-8)10-6-5-9(20-3)7-11(10)21-4/h5-7,12-13H,1H2,2-4H3,(H,16,19)(H2,17,18,22). The number of rotatable bonds is 4. The monoisotopic (exact) mass is 321 g/mol. The minimum absolute atomic E-state index is 0.157. The van der Waals surface area contributed by atoms with E-state index in [1.165, 1.54) is 0 Å². The smallest absolute Gasteiger partial charge is 0.231 e. The van der Waals surface area contributed by atoms with Gasteiger partial charge < -0.3 is 25.4 Å². The Morgan fingerprint density at radius 1 is 1.36 bits per heavy atom. The summed E-state index contributed by atoms with van der Waals surface area (Å²) < 4.78 is 10.6. The molecule has 1 fully saturated rings. The van der Waals surface area contributed by atoms with Gasteiger partial charge in [0.2, 0.25) is 5.91 Å². The summed E-state index contributed by atoms with van der Waals surface area (Å²) in [4.78, 5) is 12.2. The van der Waals surface area contributed by atoms with Crippen LogP contribution in [0.5, 0.6) is 11.5 Å². The lowest BCUT2D eigenvalue weighted by Crippen LogP contribution is -2.52. The van der Waals surface area contributed by atoms with Crippen LogP contribution < -0.4 is 25.4 Å². The van der Waals surface area contributed by atoms with E-state index in [1.54, 1.807) is 27.3 Å². The van der Waals surface area contributed by atoms with E-state index in [0.29, 0.717) is 22.3 Å². The Bertz CT molecular complexity index is 618. The molecule has 0 bridgehead atoms. The van der Waals surface area contributed by atoms with Crippen molar-refractivity contribution in [1.82, 2.24) is 16.0 Å². The molecule has 0 saturated carbocycles. The van der Waals surface area contributed by atoms with Gasteiger partial charge in [0.05, 0.1) is 20.3 Å². The van der Waals surface area contributed by atoms with Gasteiger partial charge in [-0.1, -0.05) is 6.58 Å². The predicted octanol–water partition coefficient (Wildman–Crippen LogP) is 1.10. The summed E-state index contributed by atoms with van der Waals surface area (Å²) in [6.07, 6.45) is 0. The maximum atomic E-state index is 12.2. The molecule has 0 radical (unpaired) electrons. The van der Waals surface area contributed by atoms with Crippen LogP contribution in [0.4, 0.5) is 0 Å². The molecule has 0 aromatic heterocycles. The lowest BCUT2D eigenvalue weighted by Gasteiger charge is -2.35. The normalized spacial score (nSPS) is 20.7. The molecular weight excluding hydrogens is 302 g/mol. The van der Waals surface area contributed by atoms with Gasteiger partial charge in [-0.2, -0.15) is 0 Å². The van der Waals surface area contributed by atoms with E-state index in [9.17, 15) is 4.79 Å². The summed E-state index contributed by atoms with van der Waals surface area (Å²) in [7, 11) is 4.74. The van der Waals surface area contributed by atoms with E-state index >= 15 is 0 Å². The fourth-order valence-electron chi connectivity index (χ4n) is 2.48. The zero-order valence-corrected chi connectivity index (χ0v) is 13.5. The molecule has 22 heavy (non-hydrogen) atoms. The Hall–Kier alpha value is -2.28. The van der Waals surface area contributed by atoms with Crippen LogP contribution in [0.15, 0.2) is 30.5 Å². The van der Waals surface area contributed by atoms with Crippen molar-refractivity contribution in [2.75, 3.05) is 21.3 Å². The van der Waals surface area contributed by atoms with Crippen molar-refractivity contribution in [3.05, 3.63) is 36.0 Å². The Morgan fingerprint density at radius 3 is 2.68 bits per heavy atom. The van der Waals surface area contributed by atoms with Crippen molar-refractivity contribution in [2.45, 2.75) is 6.04 Å². The summed E-state index contributed by atoms with van der Waals surface area (Å²) >= 11 is 5.18. The van der Waals surface area contributed by atoms with Gasteiger partial charge in [-0.3, -0.25) is 4.79 Å². The van der Waals surface area contributed by atoms with Crippen molar-refractivity contribution in [3.8, 4) is 11.5 Å². The molecule has 6 nitrogen and oxygen atoms in total. The first-order valence-electron chi connectivity index (χ1n) is 6.71. The molecule has 1 aliphatic rings. The Morgan fingerprint density at radius 2 is 2.09 bits per heavy atom. The lowest BCUT2D eigenvalue weighted by atomic mass is 9.88. The SMILES string of the molecule is C=C1NC(=S)NC(c2ccc(OC)cc2OC)C1C(=O)NC. The molecule has 2 unspecified atom stereocenters. The van der Waals surface area contributed by atoms with E-state index < -0.39 is 5.92 Å². The zero-order chi connectivity index (χ0) is 16.3. The second kappa shape index (κ2) is 6.65. The van der Waals surface area contributed by atoms with E-state index in [4.69, 9.17) is 21.7 Å². The van der Waals surface area contributed by atoms with Crippen LogP contribution in [0.25, 0.3) is 0 Å². The number of amides is 1. The molecular formula is C15H19N3O3S. The molecule has 1 amide bonds. The number of hydrogen-bond acceptors (Lipinski definition) is 4. The fourth-order valence-corrected chi connectivity index (χ4v) is 2.74. The highest BCUT2D eigenvalue weighted by molar-refractivity contribution is 7.80. The first kappa shape index (κ1) is 16.1. The lowest BCUT2D eigenvalue weighted by molar-refractivity contribution is -0.124. The zero-order valence-electron chi connectivity index (χ0n) is 12.7. The largest absolute Gasteiger partial charge is 0.497 e. The second-order valence-corrected chi connectivity index (χ2v) is 5.21. The molecule has 1 heterocycles. The average molecular weight is 321 g/mol. The fraction of sp³-hybridized carbons (Fsp3) is 0.333. The topological polar surface area (TPSA) is 71.6 Å². The number of thiocarbonyl (C=S) groups is 1. The molecule has 1 saturated heterocycles. The third-order valence-electron chi connectivity index (χ3n) is 3.57. The van der Waals surface area contributed by atoms with E-state index in [1.807, 2.05) is 12.1 Å². The van der Waals surface area contributed by atoms with Gasteiger partial charge in [-0.15, -0.1) is 0 Å². The van der Waals surface area contributed by atoms with Crippen LogP contribution in [-0.4, -0.2) is 32.3 Å². The molecule has 0 aliphatic carbocycles. The van der Waals surface area contributed by atoms with Crippen LogP contribution >= 0.6 is 12.2 Å². The number of benzene rings is 1. The van der Waals surface area contributed by atoms with E-state index in [2.05, 4.69) is 22.5 Å². The van der Waals surface area contributed by atoms with Crippen molar-refractivity contribution in [3.63, 3.8) is 0 Å². The van der Waals surface area contributed by atoms with Crippen LogP contribution in [0.2, 0.25) is 0 Å². The van der Waals surface area contributed by atoms with E-state index in [0.717, 1.165) is 5.56 Å². The second-order valence-electron chi connectivity index (χ2n) is 4.80. The molecule has 0 spiro atoms. The number of nitrogens with one attached hydrogen (secondary N) is 3. The van der Waals surface area contributed by atoms with Gasteiger partial charge in [-0.25, -0.2) is 0 Å². The first-order chi connectivity index (χ1) is 10.5. The Kier molecular flexibility index (Phi) is 4.87.